The molecule has 1 N–H and O–H groups in total. The van der Waals surface area contributed by atoms with Gasteiger partial charge >= 0.3 is 0 Å². The lowest BCUT2D eigenvalue weighted by atomic mass is 9.89. The molecule has 0 aliphatic carbocycles. The fraction of sp³-hybridized carbons (Fsp3) is 0.348. The normalized spacial score (nSPS) is 15.4. The van der Waals surface area contributed by atoms with Crippen LogP contribution in [0, 0.1) is 18.7 Å². The molecule has 1 aliphatic heterocycles. The number of hydrogen-bond acceptors (Lipinski definition) is 1. The Bertz CT molecular complexity index is 937. The van der Waals surface area contributed by atoms with Crippen molar-refractivity contribution >= 4 is 16.8 Å². The van der Waals surface area contributed by atoms with Crippen LogP contribution >= 0.6 is 0 Å². The van der Waals surface area contributed by atoms with E-state index in [9.17, 15) is 9.18 Å². The van der Waals surface area contributed by atoms with Crippen molar-refractivity contribution in [1.82, 2.24) is 9.88 Å². The van der Waals surface area contributed by atoms with Crippen LogP contribution in [0.15, 0.2) is 48.5 Å². The molecular formula is C23H25FN2O. The van der Waals surface area contributed by atoms with Crippen LogP contribution in [0.1, 0.15) is 29.7 Å². The van der Waals surface area contributed by atoms with E-state index in [4.69, 9.17) is 0 Å². The van der Waals surface area contributed by atoms with E-state index >= 15 is 0 Å². The zero-order chi connectivity index (χ0) is 18.8. The molecule has 140 valence electrons. The number of aryl methyl sites for hydroxylation is 1. The first kappa shape index (κ1) is 17.8. The Morgan fingerprint density at radius 1 is 1.11 bits per heavy atom. The van der Waals surface area contributed by atoms with E-state index in [1.165, 1.54) is 34.3 Å². The molecule has 3 nitrogen and oxygen atoms in total. The monoisotopic (exact) mass is 364 g/mol. The molecule has 1 saturated heterocycles. The fourth-order valence-corrected chi connectivity index (χ4v) is 4.16. The second-order valence-corrected chi connectivity index (χ2v) is 7.61. The van der Waals surface area contributed by atoms with Gasteiger partial charge in [0.05, 0.1) is 6.42 Å². The molecule has 0 spiro atoms. The van der Waals surface area contributed by atoms with Crippen LogP contribution < -0.4 is 0 Å². The van der Waals surface area contributed by atoms with Crippen molar-refractivity contribution in [1.29, 1.82) is 0 Å². The molecule has 27 heavy (non-hydrogen) atoms. The number of fused-ring (bicyclic) bond motifs is 1. The number of hydrogen-bond donors (Lipinski definition) is 1. The Balaban J connectivity index is 1.35. The number of halogens is 1. The molecule has 2 aromatic carbocycles. The van der Waals surface area contributed by atoms with Gasteiger partial charge in [-0.1, -0.05) is 30.3 Å². The van der Waals surface area contributed by atoms with Gasteiger partial charge < -0.3 is 9.88 Å². The van der Waals surface area contributed by atoms with E-state index in [-0.39, 0.29) is 11.7 Å². The molecular weight excluding hydrogens is 339 g/mol. The van der Waals surface area contributed by atoms with Crippen LogP contribution in [0.2, 0.25) is 0 Å². The second-order valence-electron chi connectivity index (χ2n) is 7.61. The third-order valence-corrected chi connectivity index (χ3v) is 5.76. The number of carbonyl (C=O) groups excluding carboxylic acids is 1. The van der Waals surface area contributed by atoms with Crippen molar-refractivity contribution in [3.05, 3.63) is 71.2 Å². The maximum absolute atomic E-state index is 13.0. The van der Waals surface area contributed by atoms with Crippen molar-refractivity contribution in [2.45, 2.75) is 32.6 Å². The molecule has 4 heteroatoms. The first-order chi connectivity index (χ1) is 13.1. The first-order valence-corrected chi connectivity index (χ1v) is 9.68. The van der Waals surface area contributed by atoms with E-state index < -0.39 is 0 Å². The first-order valence-electron chi connectivity index (χ1n) is 9.68. The highest BCUT2D eigenvalue weighted by Gasteiger charge is 2.24. The number of nitrogens with one attached hydrogen (secondary N) is 1. The van der Waals surface area contributed by atoms with E-state index in [0.29, 0.717) is 12.3 Å². The minimum absolute atomic E-state index is 0.142. The fourth-order valence-electron chi connectivity index (χ4n) is 4.16. The second kappa shape index (κ2) is 7.55. The summed E-state index contributed by atoms with van der Waals surface area (Å²) < 4.78 is 13.0. The lowest BCUT2D eigenvalue weighted by Crippen LogP contribution is -2.39. The molecule has 1 aliphatic rings. The van der Waals surface area contributed by atoms with Gasteiger partial charge in [-0.25, -0.2) is 4.39 Å². The van der Waals surface area contributed by atoms with Crippen molar-refractivity contribution in [3.8, 4) is 0 Å². The van der Waals surface area contributed by atoms with Crippen LogP contribution in [0.25, 0.3) is 10.9 Å². The molecule has 3 aromatic rings. The average Bonchev–Trinajstić information content (AvgIpc) is 2.99. The number of piperidine rings is 1. The maximum Gasteiger partial charge on any atom is 0.226 e. The predicted octanol–water partition coefficient (Wildman–Crippen LogP) is 4.64. The van der Waals surface area contributed by atoms with E-state index in [1.807, 2.05) is 4.90 Å². The lowest BCUT2D eigenvalue weighted by Gasteiger charge is -2.32. The van der Waals surface area contributed by atoms with Crippen molar-refractivity contribution in [2.24, 2.45) is 5.92 Å². The number of carbonyl (C=O) groups is 1. The summed E-state index contributed by atoms with van der Waals surface area (Å²) in [7, 11) is 0. The van der Waals surface area contributed by atoms with E-state index in [2.05, 4.69) is 36.2 Å². The topological polar surface area (TPSA) is 36.1 Å². The highest BCUT2D eigenvalue weighted by atomic mass is 19.1. The number of benzene rings is 2. The van der Waals surface area contributed by atoms with Crippen LogP contribution in [-0.2, 0) is 17.6 Å². The number of para-hydroxylation sites is 1. The summed E-state index contributed by atoms with van der Waals surface area (Å²) in [6.07, 6.45) is 3.49. The van der Waals surface area contributed by atoms with Gasteiger partial charge in [-0.15, -0.1) is 0 Å². The summed E-state index contributed by atoms with van der Waals surface area (Å²) in [4.78, 5) is 18.0. The van der Waals surface area contributed by atoms with E-state index in [0.717, 1.165) is 37.9 Å². The quantitative estimate of drug-likeness (QED) is 0.719. The van der Waals surface area contributed by atoms with Gasteiger partial charge in [0.15, 0.2) is 0 Å². The number of aromatic nitrogens is 1. The molecule has 0 bridgehead atoms. The number of amides is 1. The molecule has 1 amide bonds. The molecule has 0 unspecified atom stereocenters. The third-order valence-electron chi connectivity index (χ3n) is 5.76. The molecule has 0 atom stereocenters. The Labute approximate surface area is 159 Å². The highest BCUT2D eigenvalue weighted by Crippen LogP contribution is 2.28. The Kier molecular flexibility index (Phi) is 4.97. The number of likely N-dealkylation sites (tertiary alicyclic amines) is 1. The Morgan fingerprint density at radius 3 is 2.56 bits per heavy atom. The van der Waals surface area contributed by atoms with Gasteiger partial charge in [-0.2, -0.15) is 0 Å². The Morgan fingerprint density at radius 2 is 1.81 bits per heavy atom. The summed E-state index contributed by atoms with van der Waals surface area (Å²) in [6, 6.07) is 14.7. The van der Waals surface area contributed by atoms with Crippen molar-refractivity contribution in [2.75, 3.05) is 13.1 Å². The van der Waals surface area contributed by atoms with Gasteiger partial charge in [0.1, 0.15) is 5.82 Å². The zero-order valence-corrected chi connectivity index (χ0v) is 15.7. The standard InChI is InChI=1S/C23H25FN2O/c1-16-21(20-4-2-3-5-22(20)25-16)14-18-10-12-26(13-11-18)23(27)15-17-6-8-19(24)9-7-17/h2-9,18,25H,10-15H2,1H3. The molecule has 0 saturated carbocycles. The minimum Gasteiger partial charge on any atom is -0.358 e. The van der Waals surface area contributed by atoms with Crippen LogP contribution in [0.4, 0.5) is 4.39 Å². The van der Waals surface area contributed by atoms with Gasteiger partial charge in [0.25, 0.3) is 0 Å². The molecule has 1 aromatic heterocycles. The Hall–Kier alpha value is -2.62. The van der Waals surface area contributed by atoms with Crippen molar-refractivity contribution in [3.63, 3.8) is 0 Å². The summed E-state index contributed by atoms with van der Waals surface area (Å²) in [5, 5.41) is 1.32. The van der Waals surface area contributed by atoms with Crippen LogP contribution in [0.3, 0.4) is 0 Å². The van der Waals surface area contributed by atoms with Gasteiger partial charge in [0.2, 0.25) is 5.91 Å². The molecule has 0 radical (unpaired) electrons. The molecule has 1 fully saturated rings. The maximum atomic E-state index is 13.0. The predicted molar refractivity (Wildman–Crippen MR) is 106 cm³/mol. The minimum atomic E-state index is -0.264. The summed E-state index contributed by atoms with van der Waals surface area (Å²) in [6.45, 7) is 3.77. The summed E-state index contributed by atoms with van der Waals surface area (Å²) in [5.74, 6) is 0.487. The smallest absolute Gasteiger partial charge is 0.226 e. The van der Waals surface area contributed by atoms with Crippen LogP contribution in [-0.4, -0.2) is 28.9 Å². The molecule has 2 heterocycles. The van der Waals surface area contributed by atoms with Crippen LogP contribution in [0.5, 0.6) is 0 Å². The van der Waals surface area contributed by atoms with Gasteiger partial charge in [-0.05, 0) is 61.4 Å². The third kappa shape index (κ3) is 3.90. The SMILES string of the molecule is Cc1[nH]c2ccccc2c1CC1CCN(C(=O)Cc2ccc(F)cc2)CC1. The number of H-pyrrole nitrogens is 1. The molecule has 4 rings (SSSR count). The van der Waals surface area contributed by atoms with Gasteiger partial charge in [-0.3, -0.25) is 4.79 Å². The highest BCUT2D eigenvalue weighted by molar-refractivity contribution is 5.84. The number of aromatic amines is 1. The zero-order valence-electron chi connectivity index (χ0n) is 15.7. The number of rotatable bonds is 4. The van der Waals surface area contributed by atoms with E-state index in [1.54, 1.807) is 12.1 Å². The lowest BCUT2D eigenvalue weighted by molar-refractivity contribution is -0.131. The largest absolute Gasteiger partial charge is 0.358 e. The average molecular weight is 364 g/mol. The van der Waals surface area contributed by atoms with Gasteiger partial charge in [0, 0.05) is 29.7 Å². The van der Waals surface area contributed by atoms with Crippen molar-refractivity contribution < 1.29 is 9.18 Å². The summed E-state index contributed by atoms with van der Waals surface area (Å²) in [5.41, 5.74) is 4.75. The summed E-state index contributed by atoms with van der Waals surface area (Å²) >= 11 is 0. The number of nitrogens with zero attached hydrogens (tertiary/aromatic N) is 1.